The van der Waals surface area contributed by atoms with E-state index in [1.807, 2.05) is 26.8 Å². The lowest BCUT2D eigenvalue weighted by Crippen LogP contribution is -2.02. The molecule has 0 aliphatic carbocycles. The lowest BCUT2D eigenvalue weighted by Gasteiger charge is -2.07. The normalized spacial score (nSPS) is 10.7. The van der Waals surface area contributed by atoms with Gasteiger partial charge in [0.25, 0.3) is 0 Å². The SMILES string of the molecule is CCc1cc(NCc2nc(C)c(C)[nH]2)ccc1F. The van der Waals surface area contributed by atoms with Crippen LogP contribution in [0.15, 0.2) is 18.2 Å². The number of aromatic nitrogens is 2. The Bertz CT molecular complexity index is 526. The highest BCUT2D eigenvalue weighted by atomic mass is 19.1. The first-order chi connectivity index (χ1) is 8.60. The lowest BCUT2D eigenvalue weighted by molar-refractivity contribution is 0.612. The van der Waals surface area contributed by atoms with Crippen molar-refractivity contribution in [1.29, 1.82) is 0 Å². The van der Waals surface area contributed by atoms with Crippen molar-refractivity contribution < 1.29 is 4.39 Å². The average Bonchev–Trinajstić information content (AvgIpc) is 2.68. The first-order valence-corrected chi connectivity index (χ1v) is 6.14. The van der Waals surface area contributed by atoms with Gasteiger partial charge in [-0.15, -0.1) is 0 Å². The molecule has 0 spiro atoms. The number of hydrogen-bond acceptors (Lipinski definition) is 2. The van der Waals surface area contributed by atoms with Gasteiger partial charge in [0.05, 0.1) is 12.2 Å². The van der Waals surface area contributed by atoms with Crippen LogP contribution in [0.5, 0.6) is 0 Å². The van der Waals surface area contributed by atoms with Gasteiger partial charge in [-0.2, -0.15) is 0 Å². The number of H-pyrrole nitrogens is 1. The van der Waals surface area contributed by atoms with E-state index in [1.165, 1.54) is 6.07 Å². The number of aromatic amines is 1. The minimum absolute atomic E-state index is 0.146. The van der Waals surface area contributed by atoms with Crippen LogP contribution >= 0.6 is 0 Å². The van der Waals surface area contributed by atoms with Gasteiger partial charge in [0.2, 0.25) is 0 Å². The van der Waals surface area contributed by atoms with Crippen LogP contribution in [0.1, 0.15) is 29.7 Å². The molecule has 0 bridgehead atoms. The van der Waals surface area contributed by atoms with E-state index in [4.69, 9.17) is 0 Å². The van der Waals surface area contributed by atoms with Crippen molar-refractivity contribution in [3.63, 3.8) is 0 Å². The molecule has 0 aliphatic heterocycles. The highest BCUT2D eigenvalue weighted by Crippen LogP contribution is 2.16. The fourth-order valence-electron chi connectivity index (χ4n) is 1.85. The Morgan fingerprint density at radius 3 is 2.72 bits per heavy atom. The molecule has 0 atom stereocenters. The van der Waals surface area contributed by atoms with Crippen LogP contribution in [0.2, 0.25) is 0 Å². The van der Waals surface area contributed by atoms with E-state index in [0.29, 0.717) is 13.0 Å². The zero-order valence-electron chi connectivity index (χ0n) is 11.0. The number of nitrogens with one attached hydrogen (secondary N) is 2. The molecule has 0 amide bonds. The Morgan fingerprint density at radius 1 is 1.33 bits per heavy atom. The molecule has 96 valence electrons. The van der Waals surface area contributed by atoms with Crippen LogP contribution in [0, 0.1) is 19.7 Å². The van der Waals surface area contributed by atoms with Crippen LogP contribution in [0.3, 0.4) is 0 Å². The molecule has 3 nitrogen and oxygen atoms in total. The molecule has 1 aromatic heterocycles. The predicted octanol–water partition coefficient (Wildman–Crippen LogP) is 3.34. The van der Waals surface area contributed by atoms with E-state index in [9.17, 15) is 4.39 Å². The monoisotopic (exact) mass is 247 g/mol. The highest BCUT2D eigenvalue weighted by molar-refractivity contribution is 5.46. The summed E-state index contributed by atoms with van der Waals surface area (Å²) in [5.74, 6) is 0.750. The Hall–Kier alpha value is -1.84. The van der Waals surface area contributed by atoms with Crippen molar-refractivity contribution in [2.24, 2.45) is 0 Å². The Labute approximate surface area is 106 Å². The number of anilines is 1. The van der Waals surface area contributed by atoms with E-state index >= 15 is 0 Å². The van der Waals surface area contributed by atoms with E-state index in [2.05, 4.69) is 15.3 Å². The largest absolute Gasteiger partial charge is 0.378 e. The van der Waals surface area contributed by atoms with Crippen molar-refractivity contribution >= 4 is 5.69 Å². The van der Waals surface area contributed by atoms with Gasteiger partial charge in [0.15, 0.2) is 0 Å². The second kappa shape index (κ2) is 5.21. The van der Waals surface area contributed by atoms with Gasteiger partial charge in [-0.25, -0.2) is 9.37 Å². The van der Waals surface area contributed by atoms with Gasteiger partial charge in [-0.3, -0.25) is 0 Å². The average molecular weight is 247 g/mol. The second-order valence-electron chi connectivity index (χ2n) is 4.41. The number of hydrogen-bond donors (Lipinski definition) is 2. The van der Waals surface area contributed by atoms with Crippen LogP contribution in [-0.2, 0) is 13.0 Å². The Morgan fingerprint density at radius 2 is 2.11 bits per heavy atom. The summed E-state index contributed by atoms with van der Waals surface area (Å²) in [6.45, 7) is 6.53. The molecule has 4 heteroatoms. The summed E-state index contributed by atoms with van der Waals surface area (Å²) in [7, 11) is 0. The van der Waals surface area contributed by atoms with Crippen molar-refractivity contribution in [3.8, 4) is 0 Å². The van der Waals surface area contributed by atoms with Crippen molar-refractivity contribution in [1.82, 2.24) is 9.97 Å². The number of rotatable bonds is 4. The van der Waals surface area contributed by atoms with E-state index in [0.717, 1.165) is 28.5 Å². The minimum Gasteiger partial charge on any atom is -0.378 e. The maximum absolute atomic E-state index is 13.3. The molecule has 1 heterocycles. The molecule has 18 heavy (non-hydrogen) atoms. The topological polar surface area (TPSA) is 40.7 Å². The number of aryl methyl sites for hydroxylation is 3. The summed E-state index contributed by atoms with van der Waals surface area (Å²) < 4.78 is 13.3. The number of imidazole rings is 1. The molecular weight excluding hydrogens is 229 g/mol. The molecule has 0 unspecified atom stereocenters. The third-order valence-corrected chi connectivity index (χ3v) is 3.06. The number of benzene rings is 1. The summed E-state index contributed by atoms with van der Waals surface area (Å²) >= 11 is 0. The minimum atomic E-state index is -0.146. The quantitative estimate of drug-likeness (QED) is 0.870. The molecule has 0 fully saturated rings. The third kappa shape index (κ3) is 2.70. The fraction of sp³-hybridized carbons (Fsp3) is 0.357. The van der Waals surface area contributed by atoms with Gasteiger partial charge < -0.3 is 10.3 Å². The summed E-state index contributed by atoms with van der Waals surface area (Å²) in [5.41, 5.74) is 3.74. The third-order valence-electron chi connectivity index (χ3n) is 3.06. The predicted molar refractivity (Wildman–Crippen MR) is 71.2 cm³/mol. The summed E-state index contributed by atoms with van der Waals surface area (Å²) in [5, 5.41) is 3.24. The summed E-state index contributed by atoms with van der Waals surface area (Å²) in [6, 6.07) is 5.09. The van der Waals surface area contributed by atoms with Gasteiger partial charge in [-0.1, -0.05) is 6.92 Å². The van der Waals surface area contributed by atoms with Crippen molar-refractivity contribution in [2.45, 2.75) is 33.7 Å². The highest BCUT2D eigenvalue weighted by Gasteiger charge is 2.04. The summed E-state index contributed by atoms with van der Waals surface area (Å²) in [4.78, 5) is 7.60. The molecule has 0 radical (unpaired) electrons. The maximum Gasteiger partial charge on any atom is 0.126 e. The first-order valence-electron chi connectivity index (χ1n) is 6.14. The Kier molecular flexibility index (Phi) is 3.65. The lowest BCUT2D eigenvalue weighted by atomic mass is 10.1. The smallest absolute Gasteiger partial charge is 0.126 e. The molecule has 2 aromatic rings. The van der Waals surface area contributed by atoms with E-state index < -0.39 is 0 Å². The van der Waals surface area contributed by atoms with Crippen LogP contribution in [0.25, 0.3) is 0 Å². The first kappa shape index (κ1) is 12.6. The van der Waals surface area contributed by atoms with Crippen molar-refractivity contribution in [2.75, 3.05) is 5.32 Å². The molecule has 1 aromatic carbocycles. The van der Waals surface area contributed by atoms with Gasteiger partial charge in [0.1, 0.15) is 11.6 Å². The zero-order valence-corrected chi connectivity index (χ0v) is 11.0. The standard InChI is InChI=1S/C14H18FN3/c1-4-11-7-12(5-6-13(11)15)16-8-14-17-9(2)10(3)18-14/h5-7,16H,4,8H2,1-3H3,(H,17,18). The number of halogens is 1. The van der Waals surface area contributed by atoms with Gasteiger partial charge in [-0.05, 0) is 44.0 Å². The van der Waals surface area contributed by atoms with E-state index in [-0.39, 0.29) is 5.82 Å². The Balaban J connectivity index is 2.06. The van der Waals surface area contributed by atoms with Crippen LogP contribution in [-0.4, -0.2) is 9.97 Å². The van der Waals surface area contributed by atoms with E-state index in [1.54, 1.807) is 6.07 Å². The summed E-state index contributed by atoms with van der Waals surface area (Å²) in [6.07, 6.45) is 0.695. The van der Waals surface area contributed by atoms with Gasteiger partial charge in [0, 0.05) is 11.4 Å². The molecular formula is C14H18FN3. The fourth-order valence-corrected chi connectivity index (χ4v) is 1.85. The molecule has 0 saturated heterocycles. The molecule has 2 N–H and O–H groups in total. The molecule has 0 saturated carbocycles. The van der Waals surface area contributed by atoms with Crippen molar-refractivity contribution in [3.05, 3.63) is 46.8 Å². The molecule has 2 rings (SSSR count). The van der Waals surface area contributed by atoms with Crippen LogP contribution in [0.4, 0.5) is 10.1 Å². The second-order valence-corrected chi connectivity index (χ2v) is 4.41. The number of nitrogens with zero attached hydrogens (tertiary/aromatic N) is 1. The zero-order chi connectivity index (χ0) is 13.1. The van der Waals surface area contributed by atoms with Crippen LogP contribution < -0.4 is 5.32 Å². The maximum atomic E-state index is 13.3. The van der Waals surface area contributed by atoms with Gasteiger partial charge >= 0.3 is 0 Å². The molecule has 0 aliphatic rings.